The Morgan fingerprint density at radius 3 is 2.43 bits per heavy atom. The molecule has 1 N–H and O–H groups in total. The lowest BCUT2D eigenvalue weighted by atomic mass is 9.63. The summed E-state index contributed by atoms with van der Waals surface area (Å²) < 4.78 is 12.4. The monoisotopic (exact) mass is 294 g/mol. The number of quaternary nitrogens is 1. The van der Waals surface area contributed by atoms with Crippen molar-refractivity contribution in [1.29, 1.82) is 0 Å². The summed E-state index contributed by atoms with van der Waals surface area (Å²) in [5, 5.41) is 0. The van der Waals surface area contributed by atoms with Gasteiger partial charge in [0.25, 0.3) is 0 Å². The summed E-state index contributed by atoms with van der Waals surface area (Å²) in [6.45, 7) is 12.3. The van der Waals surface area contributed by atoms with Crippen LogP contribution in [0.3, 0.4) is 0 Å². The highest BCUT2D eigenvalue weighted by Crippen LogP contribution is 2.46. The molecular formula is C18H32NO2+. The zero-order valence-electron chi connectivity index (χ0n) is 14.0. The molecule has 21 heavy (non-hydrogen) atoms. The fourth-order valence-corrected chi connectivity index (χ4v) is 4.54. The van der Waals surface area contributed by atoms with Crippen molar-refractivity contribution >= 4 is 0 Å². The summed E-state index contributed by atoms with van der Waals surface area (Å²) >= 11 is 0. The molecule has 2 aliphatic heterocycles. The predicted octanol–water partition coefficient (Wildman–Crippen LogP) is 2.04. The second kappa shape index (κ2) is 6.39. The first-order valence-corrected chi connectivity index (χ1v) is 8.84. The number of hydrogen-bond donors (Lipinski definition) is 1. The highest BCUT2D eigenvalue weighted by molar-refractivity contribution is 5.13. The Morgan fingerprint density at radius 2 is 1.81 bits per heavy atom. The van der Waals surface area contributed by atoms with E-state index in [0.717, 1.165) is 19.8 Å². The molecule has 1 aliphatic carbocycles. The highest BCUT2D eigenvalue weighted by atomic mass is 16.7. The lowest BCUT2D eigenvalue weighted by Gasteiger charge is -2.49. The van der Waals surface area contributed by atoms with Crippen molar-refractivity contribution in [3.05, 3.63) is 11.6 Å². The summed E-state index contributed by atoms with van der Waals surface area (Å²) in [6.07, 6.45) is 7.78. The van der Waals surface area contributed by atoms with Crippen LogP contribution in [0.15, 0.2) is 11.6 Å². The minimum atomic E-state index is 0.0233. The third kappa shape index (κ3) is 3.20. The summed E-state index contributed by atoms with van der Waals surface area (Å²) in [5.74, 6) is 1.21. The molecule has 2 atom stereocenters. The molecular weight excluding hydrogens is 262 g/mol. The molecule has 0 aromatic carbocycles. The Balaban J connectivity index is 1.56. The second-order valence-corrected chi connectivity index (χ2v) is 7.71. The van der Waals surface area contributed by atoms with Crippen LogP contribution < -0.4 is 4.90 Å². The molecule has 0 radical (unpaired) electrons. The molecule has 0 bridgehead atoms. The first-order chi connectivity index (χ1) is 10.1. The quantitative estimate of drug-likeness (QED) is 0.788. The minimum Gasteiger partial charge on any atom is -0.347 e. The van der Waals surface area contributed by atoms with E-state index < -0.39 is 0 Å². The van der Waals surface area contributed by atoms with E-state index in [1.165, 1.54) is 44.3 Å². The molecule has 0 saturated carbocycles. The van der Waals surface area contributed by atoms with Gasteiger partial charge >= 0.3 is 0 Å². The van der Waals surface area contributed by atoms with Gasteiger partial charge in [-0.25, -0.2) is 0 Å². The van der Waals surface area contributed by atoms with Crippen molar-refractivity contribution in [3.63, 3.8) is 0 Å². The Kier molecular flexibility index (Phi) is 4.72. The van der Waals surface area contributed by atoms with Crippen LogP contribution >= 0.6 is 0 Å². The Hall–Kier alpha value is -0.380. The fourth-order valence-electron chi connectivity index (χ4n) is 4.54. The number of rotatable bonds is 2. The van der Waals surface area contributed by atoms with Gasteiger partial charge in [0, 0.05) is 5.41 Å². The van der Waals surface area contributed by atoms with Crippen LogP contribution in [-0.2, 0) is 9.47 Å². The van der Waals surface area contributed by atoms with E-state index in [2.05, 4.69) is 26.8 Å². The lowest BCUT2D eigenvalue weighted by Crippen LogP contribution is -3.14. The minimum absolute atomic E-state index is 0.0233. The molecule has 0 amide bonds. The Morgan fingerprint density at radius 1 is 1.14 bits per heavy atom. The summed E-state index contributed by atoms with van der Waals surface area (Å²) in [5.41, 5.74) is 1.73. The maximum absolute atomic E-state index is 6.18. The van der Waals surface area contributed by atoms with Crippen molar-refractivity contribution in [3.8, 4) is 0 Å². The van der Waals surface area contributed by atoms with Crippen LogP contribution in [0.2, 0.25) is 0 Å². The van der Waals surface area contributed by atoms with Gasteiger partial charge < -0.3 is 14.4 Å². The smallest absolute Gasteiger partial charge is 0.207 e. The topological polar surface area (TPSA) is 22.9 Å². The first-order valence-electron chi connectivity index (χ1n) is 8.84. The largest absolute Gasteiger partial charge is 0.347 e. The average Bonchev–Trinajstić information content (AvgIpc) is 2.47. The molecule has 0 aromatic heterocycles. The van der Waals surface area contributed by atoms with Crippen molar-refractivity contribution in [2.75, 3.05) is 32.8 Å². The maximum atomic E-state index is 6.18. The number of piperidine rings is 1. The molecule has 2 heterocycles. The van der Waals surface area contributed by atoms with Gasteiger partial charge in [-0.2, -0.15) is 0 Å². The second-order valence-electron chi connectivity index (χ2n) is 7.71. The summed E-state index contributed by atoms with van der Waals surface area (Å²) in [4.78, 5) is 1.67. The number of allylic oxidation sites excluding steroid dienone is 2. The maximum Gasteiger partial charge on any atom is 0.207 e. The van der Waals surface area contributed by atoms with Crippen molar-refractivity contribution < 1.29 is 14.4 Å². The van der Waals surface area contributed by atoms with Gasteiger partial charge in [-0.3, -0.25) is 0 Å². The number of nitrogens with one attached hydrogen (secondary N) is 1. The van der Waals surface area contributed by atoms with Crippen LogP contribution in [0, 0.1) is 17.3 Å². The van der Waals surface area contributed by atoms with Gasteiger partial charge in [-0.15, -0.1) is 0 Å². The van der Waals surface area contributed by atoms with Crippen LogP contribution in [0.5, 0.6) is 0 Å². The highest BCUT2D eigenvalue weighted by Gasteiger charge is 2.47. The van der Waals surface area contributed by atoms with E-state index in [1.54, 1.807) is 4.90 Å². The number of ether oxygens (including phenoxy) is 2. The van der Waals surface area contributed by atoms with Crippen LogP contribution in [0.4, 0.5) is 0 Å². The van der Waals surface area contributed by atoms with Gasteiger partial charge in [0.15, 0.2) is 0 Å². The molecule has 3 nitrogen and oxygen atoms in total. The predicted molar refractivity (Wildman–Crippen MR) is 84.2 cm³/mol. The third-order valence-electron chi connectivity index (χ3n) is 6.14. The van der Waals surface area contributed by atoms with Gasteiger partial charge in [-0.05, 0) is 44.4 Å². The molecule has 2 saturated heterocycles. The van der Waals surface area contributed by atoms with E-state index >= 15 is 0 Å². The zero-order chi connectivity index (χ0) is 14.9. The molecule has 2 unspecified atom stereocenters. The molecule has 1 spiro atoms. The van der Waals surface area contributed by atoms with Crippen LogP contribution in [-0.4, -0.2) is 39.1 Å². The molecule has 3 heteroatoms. The van der Waals surface area contributed by atoms with E-state index in [-0.39, 0.29) is 11.7 Å². The van der Waals surface area contributed by atoms with Gasteiger partial charge in [0.05, 0.1) is 26.3 Å². The van der Waals surface area contributed by atoms with Crippen LogP contribution in [0.25, 0.3) is 0 Å². The average molecular weight is 294 g/mol. The first kappa shape index (κ1) is 15.5. The molecule has 2 fully saturated rings. The fraction of sp³-hybridized carbons (Fsp3) is 0.889. The molecule has 0 aromatic rings. The van der Waals surface area contributed by atoms with Crippen molar-refractivity contribution in [2.45, 2.75) is 52.7 Å². The van der Waals surface area contributed by atoms with Gasteiger partial charge in [0.2, 0.25) is 6.29 Å². The normalized spacial score (nSPS) is 42.0. The van der Waals surface area contributed by atoms with E-state index in [4.69, 9.17) is 9.47 Å². The van der Waals surface area contributed by atoms with E-state index in [1.807, 2.05) is 0 Å². The molecule has 120 valence electrons. The van der Waals surface area contributed by atoms with E-state index in [9.17, 15) is 0 Å². The zero-order valence-corrected chi connectivity index (χ0v) is 14.0. The summed E-state index contributed by atoms with van der Waals surface area (Å²) in [7, 11) is 0. The summed E-state index contributed by atoms with van der Waals surface area (Å²) in [6, 6.07) is 0. The lowest BCUT2D eigenvalue weighted by molar-refractivity contribution is -0.911. The number of hydrogen-bond acceptors (Lipinski definition) is 2. The molecule has 3 aliphatic rings. The van der Waals surface area contributed by atoms with Gasteiger partial charge in [0.1, 0.15) is 6.54 Å². The van der Waals surface area contributed by atoms with Gasteiger partial charge in [-0.1, -0.05) is 25.5 Å². The Bertz CT molecular complexity index is 379. The van der Waals surface area contributed by atoms with Crippen molar-refractivity contribution in [1.82, 2.24) is 0 Å². The SMILES string of the molecule is CC1=CC(C)C2(COC(C[NH+]3CCCCC3)OC2)C(C)C1. The van der Waals surface area contributed by atoms with Crippen LogP contribution in [0.1, 0.15) is 46.5 Å². The molecule has 3 rings (SSSR count). The number of likely N-dealkylation sites (tertiary alicyclic amines) is 1. The van der Waals surface area contributed by atoms with E-state index in [0.29, 0.717) is 11.8 Å². The third-order valence-corrected chi connectivity index (χ3v) is 6.14. The Labute approximate surface area is 129 Å². The standard InChI is InChI=1S/C18H31NO2/c1-14-9-15(2)18(16(3)10-14)12-20-17(21-13-18)11-19-7-5-4-6-8-19/h9,15-17H,4-8,10-13H2,1-3H3/p+1. The van der Waals surface area contributed by atoms with Crippen molar-refractivity contribution in [2.24, 2.45) is 17.3 Å².